The molecule has 1 atom stereocenters. The van der Waals surface area contributed by atoms with Gasteiger partial charge in [-0.25, -0.2) is 13.6 Å². The standard InChI is InChI=1S/C6H9N5O3S2/c7-5-9-10-6(15-5)11-2-3(1-4(11)12)16(8,13)14/h3H,1-2H2,(H2,7,9)(H2,8,13,14). The first kappa shape index (κ1) is 11.2. The zero-order chi connectivity index (χ0) is 11.9. The Balaban J connectivity index is 2.24. The predicted octanol–water partition coefficient (Wildman–Crippen LogP) is -1.49. The van der Waals surface area contributed by atoms with Gasteiger partial charge < -0.3 is 5.73 Å². The Labute approximate surface area is 95.3 Å². The molecule has 1 aromatic rings. The van der Waals surface area contributed by atoms with Crippen molar-refractivity contribution in [2.45, 2.75) is 11.7 Å². The largest absolute Gasteiger partial charge is 0.374 e. The Morgan fingerprint density at radius 1 is 1.44 bits per heavy atom. The molecule has 8 nitrogen and oxygen atoms in total. The number of amides is 1. The van der Waals surface area contributed by atoms with E-state index in [9.17, 15) is 13.2 Å². The number of nitrogens with zero attached hydrogens (tertiary/aromatic N) is 3. The number of carbonyl (C=O) groups excluding carboxylic acids is 1. The van der Waals surface area contributed by atoms with Crippen LogP contribution in [0.2, 0.25) is 0 Å². The van der Waals surface area contributed by atoms with Crippen LogP contribution in [0.1, 0.15) is 6.42 Å². The minimum atomic E-state index is -3.71. The van der Waals surface area contributed by atoms with E-state index in [2.05, 4.69) is 10.2 Å². The normalized spacial score (nSPS) is 21.7. The SMILES string of the molecule is Nc1nnc(N2CC(S(N)(=O)=O)CC2=O)s1. The van der Waals surface area contributed by atoms with Gasteiger partial charge in [-0.05, 0) is 0 Å². The summed E-state index contributed by atoms with van der Waals surface area (Å²) in [6.45, 7) is 0.00625. The highest BCUT2D eigenvalue weighted by molar-refractivity contribution is 7.89. The molecule has 1 amide bonds. The fourth-order valence-electron chi connectivity index (χ4n) is 1.42. The number of aromatic nitrogens is 2. The van der Waals surface area contributed by atoms with Gasteiger partial charge in [0.1, 0.15) is 5.25 Å². The number of rotatable bonds is 2. The molecule has 16 heavy (non-hydrogen) atoms. The van der Waals surface area contributed by atoms with E-state index in [0.29, 0.717) is 5.13 Å². The maximum Gasteiger partial charge on any atom is 0.230 e. The molecule has 1 aliphatic rings. The van der Waals surface area contributed by atoms with Gasteiger partial charge in [0.2, 0.25) is 26.2 Å². The van der Waals surface area contributed by atoms with Crippen LogP contribution in [0.5, 0.6) is 0 Å². The predicted molar refractivity (Wildman–Crippen MR) is 58.2 cm³/mol. The molecule has 10 heteroatoms. The Morgan fingerprint density at radius 3 is 2.56 bits per heavy atom. The number of hydrogen-bond acceptors (Lipinski definition) is 7. The van der Waals surface area contributed by atoms with E-state index in [-0.39, 0.29) is 24.0 Å². The van der Waals surface area contributed by atoms with Crippen LogP contribution < -0.4 is 15.8 Å². The van der Waals surface area contributed by atoms with Gasteiger partial charge in [-0.2, -0.15) is 0 Å². The number of primary sulfonamides is 1. The minimum Gasteiger partial charge on any atom is -0.374 e. The molecular weight excluding hydrogens is 254 g/mol. The Morgan fingerprint density at radius 2 is 2.12 bits per heavy atom. The van der Waals surface area contributed by atoms with Crippen molar-refractivity contribution in [1.29, 1.82) is 0 Å². The first-order chi connectivity index (χ1) is 7.38. The zero-order valence-electron chi connectivity index (χ0n) is 8.03. The third-order valence-electron chi connectivity index (χ3n) is 2.22. The molecule has 0 radical (unpaired) electrons. The molecule has 88 valence electrons. The van der Waals surface area contributed by atoms with Gasteiger partial charge >= 0.3 is 0 Å². The summed E-state index contributed by atoms with van der Waals surface area (Å²) in [5.74, 6) is -0.338. The number of nitrogen functional groups attached to an aromatic ring is 1. The van der Waals surface area contributed by atoms with Crippen LogP contribution in [-0.2, 0) is 14.8 Å². The average molecular weight is 263 g/mol. The summed E-state index contributed by atoms with van der Waals surface area (Å²) in [6.07, 6.45) is -0.127. The van der Waals surface area contributed by atoms with E-state index in [1.807, 2.05) is 0 Å². The topological polar surface area (TPSA) is 132 Å². The van der Waals surface area contributed by atoms with Crippen molar-refractivity contribution >= 4 is 37.5 Å². The molecule has 1 aromatic heterocycles. The van der Waals surface area contributed by atoms with Crippen molar-refractivity contribution in [1.82, 2.24) is 10.2 Å². The van der Waals surface area contributed by atoms with Gasteiger partial charge in [0.15, 0.2) is 0 Å². The molecule has 0 bridgehead atoms. The highest BCUT2D eigenvalue weighted by Crippen LogP contribution is 2.27. The molecule has 2 rings (SSSR count). The lowest BCUT2D eigenvalue weighted by molar-refractivity contribution is -0.117. The molecule has 0 aliphatic carbocycles. The monoisotopic (exact) mass is 263 g/mol. The number of nitrogens with two attached hydrogens (primary N) is 2. The maximum absolute atomic E-state index is 11.5. The molecule has 1 saturated heterocycles. The Bertz CT molecular complexity index is 524. The van der Waals surface area contributed by atoms with Crippen LogP contribution in [0.25, 0.3) is 0 Å². The maximum atomic E-state index is 11.5. The van der Waals surface area contributed by atoms with Crippen molar-refractivity contribution < 1.29 is 13.2 Å². The van der Waals surface area contributed by atoms with Gasteiger partial charge in [-0.1, -0.05) is 11.3 Å². The second-order valence-corrected chi connectivity index (χ2v) is 6.17. The number of carbonyl (C=O) groups is 1. The van der Waals surface area contributed by atoms with Gasteiger partial charge in [0.05, 0.1) is 0 Å². The second-order valence-electron chi connectivity index (χ2n) is 3.34. The lowest BCUT2D eigenvalue weighted by atomic mass is 10.4. The van der Waals surface area contributed by atoms with E-state index >= 15 is 0 Å². The quantitative estimate of drug-likeness (QED) is 0.668. The van der Waals surface area contributed by atoms with Crippen molar-refractivity contribution in [2.24, 2.45) is 5.14 Å². The molecule has 0 saturated carbocycles. The third-order valence-corrected chi connectivity index (χ3v) is 4.24. The molecule has 1 aliphatic heterocycles. The van der Waals surface area contributed by atoms with Crippen molar-refractivity contribution in [3.63, 3.8) is 0 Å². The molecule has 1 fully saturated rings. The summed E-state index contributed by atoms with van der Waals surface area (Å²) in [7, 11) is -3.71. The van der Waals surface area contributed by atoms with Crippen LogP contribution in [0.3, 0.4) is 0 Å². The number of anilines is 2. The van der Waals surface area contributed by atoms with E-state index in [1.54, 1.807) is 0 Å². The van der Waals surface area contributed by atoms with Crippen LogP contribution >= 0.6 is 11.3 Å². The lowest BCUT2D eigenvalue weighted by Crippen LogP contribution is -2.32. The lowest BCUT2D eigenvalue weighted by Gasteiger charge is -2.10. The fourth-order valence-corrected chi connectivity index (χ4v) is 2.78. The number of sulfonamides is 1. The highest BCUT2D eigenvalue weighted by Gasteiger charge is 2.38. The smallest absolute Gasteiger partial charge is 0.230 e. The average Bonchev–Trinajstić information content (AvgIpc) is 2.70. The molecule has 1 unspecified atom stereocenters. The van der Waals surface area contributed by atoms with E-state index in [1.165, 1.54) is 4.90 Å². The molecule has 0 spiro atoms. The van der Waals surface area contributed by atoms with Crippen LogP contribution in [0.15, 0.2) is 0 Å². The van der Waals surface area contributed by atoms with E-state index < -0.39 is 15.3 Å². The molecule has 4 N–H and O–H groups in total. The van der Waals surface area contributed by atoms with Gasteiger partial charge in [0.25, 0.3) is 0 Å². The van der Waals surface area contributed by atoms with Crippen LogP contribution in [0, 0.1) is 0 Å². The molecule has 2 heterocycles. The second kappa shape index (κ2) is 3.64. The summed E-state index contributed by atoms with van der Waals surface area (Å²) < 4.78 is 22.2. The van der Waals surface area contributed by atoms with Crippen LogP contribution in [-0.4, -0.2) is 36.3 Å². The molecule has 0 aromatic carbocycles. The van der Waals surface area contributed by atoms with Gasteiger partial charge in [-0.15, -0.1) is 10.2 Å². The van der Waals surface area contributed by atoms with Gasteiger partial charge in [0, 0.05) is 13.0 Å². The third kappa shape index (κ3) is 1.99. The molecular formula is C6H9N5O3S2. The Kier molecular flexibility index (Phi) is 2.56. The minimum absolute atomic E-state index is 0.00625. The summed E-state index contributed by atoms with van der Waals surface area (Å²) >= 11 is 1.03. The van der Waals surface area contributed by atoms with Crippen molar-refractivity contribution in [3.05, 3.63) is 0 Å². The summed E-state index contributed by atoms with van der Waals surface area (Å²) in [4.78, 5) is 12.8. The van der Waals surface area contributed by atoms with Crippen molar-refractivity contribution in [2.75, 3.05) is 17.2 Å². The first-order valence-electron chi connectivity index (χ1n) is 4.29. The first-order valence-corrected chi connectivity index (χ1v) is 6.71. The fraction of sp³-hybridized carbons (Fsp3) is 0.500. The van der Waals surface area contributed by atoms with E-state index in [0.717, 1.165) is 11.3 Å². The van der Waals surface area contributed by atoms with Crippen LogP contribution in [0.4, 0.5) is 10.3 Å². The van der Waals surface area contributed by atoms with Crippen molar-refractivity contribution in [3.8, 4) is 0 Å². The summed E-state index contributed by atoms with van der Waals surface area (Å²) in [6, 6.07) is 0. The summed E-state index contributed by atoms with van der Waals surface area (Å²) in [5.41, 5.74) is 5.38. The number of hydrogen-bond donors (Lipinski definition) is 2. The zero-order valence-corrected chi connectivity index (χ0v) is 9.66. The highest BCUT2D eigenvalue weighted by atomic mass is 32.2. The summed E-state index contributed by atoms with van der Waals surface area (Å²) in [5, 5.41) is 11.9. The van der Waals surface area contributed by atoms with Gasteiger partial charge in [-0.3, -0.25) is 9.69 Å². The Hall–Kier alpha value is -1.26. The van der Waals surface area contributed by atoms with E-state index in [4.69, 9.17) is 10.9 Å².